The van der Waals surface area contributed by atoms with Crippen LogP contribution in [0.15, 0.2) is 0 Å². The van der Waals surface area contributed by atoms with Crippen molar-refractivity contribution in [2.45, 2.75) is 20.3 Å². The Morgan fingerprint density at radius 1 is 1.73 bits per heavy atom. The number of carbonyl (C=O) groups excluding carboxylic acids is 1. The van der Waals surface area contributed by atoms with Gasteiger partial charge in [0.2, 0.25) is 5.01 Å². The fraction of sp³-hybridized carbons (Fsp3) is 0.455. The zero-order chi connectivity index (χ0) is 10.8. The normalized spacial score (nSPS) is 18.7. The third kappa shape index (κ3) is 2.09. The number of thiazole rings is 1. The summed E-state index contributed by atoms with van der Waals surface area (Å²) in [7, 11) is 0. The Kier molecular flexibility index (Phi) is 2.86. The quantitative estimate of drug-likeness (QED) is 0.700. The summed E-state index contributed by atoms with van der Waals surface area (Å²) in [5.41, 5.74) is 0. The summed E-state index contributed by atoms with van der Waals surface area (Å²) >= 11 is 1.41. The molecule has 1 aromatic heterocycles. The van der Waals surface area contributed by atoms with Crippen molar-refractivity contribution in [1.29, 1.82) is 0 Å². The second-order valence-corrected chi connectivity index (χ2v) is 4.60. The molecule has 2 rings (SSSR count). The van der Waals surface area contributed by atoms with Crippen molar-refractivity contribution >= 4 is 29.5 Å². The summed E-state index contributed by atoms with van der Waals surface area (Å²) in [6.45, 7) is 4.33. The standard InChI is InChI=1S/C11H13NO2S/c1-3-14-11(13)10-12-8-6-7(2)4-5-9(8)15-10/h5-7H,3-4H2,1-2H3. The smallest absolute Gasteiger partial charge is 0.367 e. The number of rotatable bonds is 2. The van der Waals surface area contributed by atoms with Gasteiger partial charge in [-0.25, -0.2) is 9.78 Å². The van der Waals surface area contributed by atoms with Crippen LogP contribution in [0.5, 0.6) is 0 Å². The molecule has 0 saturated heterocycles. The summed E-state index contributed by atoms with van der Waals surface area (Å²) < 4.78 is 6.01. The van der Waals surface area contributed by atoms with Crippen LogP contribution in [-0.4, -0.2) is 17.6 Å². The zero-order valence-electron chi connectivity index (χ0n) is 8.82. The second-order valence-electron chi connectivity index (χ2n) is 3.57. The van der Waals surface area contributed by atoms with Gasteiger partial charge in [-0.15, -0.1) is 11.3 Å². The van der Waals surface area contributed by atoms with E-state index < -0.39 is 0 Å². The molecule has 0 aliphatic heterocycles. The van der Waals surface area contributed by atoms with Crippen molar-refractivity contribution in [3.05, 3.63) is 14.9 Å². The Morgan fingerprint density at radius 2 is 2.53 bits per heavy atom. The van der Waals surface area contributed by atoms with Gasteiger partial charge in [-0.1, -0.05) is 19.1 Å². The predicted octanol–water partition coefficient (Wildman–Crippen LogP) is 0.921. The van der Waals surface area contributed by atoms with Gasteiger partial charge in [0.15, 0.2) is 0 Å². The lowest BCUT2D eigenvalue weighted by Crippen LogP contribution is -2.25. The summed E-state index contributed by atoms with van der Waals surface area (Å²) in [4.78, 5) is 15.7. The predicted molar refractivity (Wildman–Crippen MR) is 60.0 cm³/mol. The van der Waals surface area contributed by atoms with Gasteiger partial charge < -0.3 is 4.74 Å². The van der Waals surface area contributed by atoms with E-state index in [0.29, 0.717) is 17.5 Å². The SMILES string of the molecule is CCOC(=O)c1nc2c(s1)=CCC(C)C=2. The number of hydrogen-bond donors (Lipinski definition) is 0. The maximum atomic E-state index is 11.4. The molecule has 1 aliphatic rings. The number of fused-ring (bicyclic) bond motifs is 1. The van der Waals surface area contributed by atoms with Gasteiger partial charge >= 0.3 is 5.97 Å². The Labute approximate surface area is 92.1 Å². The second kappa shape index (κ2) is 4.14. The Balaban J connectivity index is 2.39. The van der Waals surface area contributed by atoms with E-state index in [0.717, 1.165) is 16.3 Å². The molecule has 15 heavy (non-hydrogen) atoms. The molecule has 0 saturated carbocycles. The van der Waals surface area contributed by atoms with Gasteiger partial charge in [-0.2, -0.15) is 0 Å². The fourth-order valence-electron chi connectivity index (χ4n) is 1.52. The Bertz CT molecular complexity index is 489. The van der Waals surface area contributed by atoms with Crippen molar-refractivity contribution in [2.75, 3.05) is 6.61 Å². The van der Waals surface area contributed by atoms with Crippen molar-refractivity contribution in [3.8, 4) is 0 Å². The molecule has 1 unspecified atom stereocenters. The van der Waals surface area contributed by atoms with E-state index in [1.54, 1.807) is 6.92 Å². The molecular weight excluding hydrogens is 210 g/mol. The Morgan fingerprint density at radius 3 is 3.27 bits per heavy atom. The van der Waals surface area contributed by atoms with Crippen molar-refractivity contribution in [1.82, 2.24) is 4.98 Å². The first-order chi connectivity index (χ1) is 7.20. The van der Waals surface area contributed by atoms with Gasteiger partial charge in [-0.05, 0) is 19.3 Å². The van der Waals surface area contributed by atoms with Crippen molar-refractivity contribution in [3.63, 3.8) is 0 Å². The van der Waals surface area contributed by atoms with Gasteiger partial charge in [0.05, 0.1) is 16.5 Å². The van der Waals surface area contributed by atoms with E-state index in [2.05, 4.69) is 24.1 Å². The minimum atomic E-state index is -0.314. The van der Waals surface area contributed by atoms with Crippen LogP contribution in [0, 0.1) is 5.92 Å². The van der Waals surface area contributed by atoms with E-state index >= 15 is 0 Å². The van der Waals surface area contributed by atoms with Gasteiger partial charge in [0, 0.05) is 0 Å². The fourth-order valence-corrected chi connectivity index (χ4v) is 2.41. The van der Waals surface area contributed by atoms with E-state index in [9.17, 15) is 4.79 Å². The minimum Gasteiger partial charge on any atom is -0.461 e. The number of carbonyl (C=O) groups is 1. The lowest BCUT2D eigenvalue weighted by Gasteiger charge is -2.02. The molecule has 4 heteroatoms. The first-order valence-electron chi connectivity index (χ1n) is 5.06. The first kappa shape index (κ1) is 10.4. The number of ether oxygens (including phenoxy) is 1. The lowest BCUT2D eigenvalue weighted by atomic mass is 10.0. The Hall–Kier alpha value is -1.16. The molecule has 0 N–H and O–H groups in total. The highest BCUT2D eigenvalue weighted by molar-refractivity contribution is 7.11. The lowest BCUT2D eigenvalue weighted by molar-refractivity contribution is 0.0525. The van der Waals surface area contributed by atoms with Crippen LogP contribution in [0.2, 0.25) is 0 Å². The molecule has 1 aromatic rings. The number of esters is 1. The van der Waals surface area contributed by atoms with Crippen LogP contribution in [-0.2, 0) is 4.74 Å². The van der Waals surface area contributed by atoms with Gasteiger partial charge in [0.25, 0.3) is 0 Å². The summed E-state index contributed by atoms with van der Waals surface area (Å²) in [5.74, 6) is 0.195. The molecule has 0 fully saturated rings. The molecule has 1 heterocycles. The van der Waals surface area contributed by atoms with Gasteiger partial charge in [0.1, 0.15) is 0 Å². The van der Waals surface area contributed by atoms with Crippen LogP contribution >= 0.6 is 11.3 Å². The zero-order valence-corrected chi connectivity index (χ0v) is 9.63. The molecule has 0 amide bonds. The first-order valence-corrected chi connectivity index (χ1v) is 5.88. The molecule has 0 radical (unpaired) electrons. The minimum absolute atomic E-state index is 0.314. The highest BCUT2D eigenvalue weighted by Gasteiger charge is 2.13. The van der Waals surface area contributed by atoms with Crippen LogP contribution in [0.3, 0.4) is 0 Å². The molecule has 1 aliphatic carbocycles. The summed E-state index contributed by atoms with van der Waals surface area (Å²) in [6.07, 6.45) is 5.27. The molecule has 0 bridgehead atoms. The largest absolute Gasteiger partial charge is 0.461 e. The van der Waals surface area contributed by atoms with Crippen LogP contribution in [0.4, 0.5) is 0 Å². The summed E-state index contributed by atoms with van der Waals surface area (Å²) in [5, 5.41) is 1.39. The molecular formula is C11H13NO2S. The average Bonchev–Trinajstić information content (AvgIpc) is 2.60. The van der Waals surface area contributed by atoms with Crippen molar-refractivity contribution < 1.29 is 9.53 Å². The number of nitrogens with zero attached hydrogens (tertiary/aromatic N) is 1. The topological polar surface area (TPSA) is 39.2 Å². The van der Waals surface area contributed by atoms with E-state index in [1.807, 2.05) is 0 Å². The van der Waals surface area contributed by atoms with Crippen LogP contribution in [0.1, 0.15) is 30.1 Å². The average molecular weight is 223 g/mol. The van der Waals surface area contributed by atoms with E-state index in [4.69, 9.17) is 4.74 Å². The third-order valence-electron chi connectivity index (χ3n) is 2.25. The number of hydrogen-bond acceptors (Lipinski definition) is 4. The van der Waals surface area contributed by atoms with Crippen LogP contribution in [0.25, 0.3) is 12.2 Å². The maximum absolute atomic E-state index is 11.4. The monoisotopic (exact) mass is 223 g/mol. The molecule has 0 spiro atoms. The van der Waals surface area contributed by atoms with E-state index in [-0.39, 0.29) is 5.97 Å². The molecule has 1 atom stereocenters. The highest BCUT2D eigenvalue weighted by Crippen LogP contribution is 2.08. The van der Waals surface area contributed by atoms with Gasteiger partial charge in [-0.3, -0.25) is 0 Å². The van der Waals surface area contributed by atoms with Crippen LogP contribution < -0.4 is 9.88 Å². The number of aromatic nitrogens is 1. The summed E-state index contributed by atoms with van der Waals surface area (Å²) in [6, 6.07) is 0. The molecule has 80 valence electrons. The van der Waals surface area contributed by atoms with Crippen molar-refractivity contribution in [2.24, 2.45) is 5.92 Å². The van der Waals surface area contributed by atoms with E-state index in [1.165, 1.54) is 11.3 Å². The molecule has 3 nitrogen and oxygen atoms in total. The third-order valence-corrected chi connectivity index (χ3v) is 3.30. The maximum Gasteiger partial charge on any atom is 0.367 e. The molecule has 0 aromatic carbocycles. The highest BCUT2D eigenvalue weighted by atomic mass is 32.1.